The third-order valence-electron chi connectivity index (χ3n) is 3.59. The van der Waals surface area contributed by atoms with Crippen LogP contribution in [-0.4, -0.2) is 21.3 Å². The highest BCUT2D eigenvalue weighted by atomic mass is 16.4. The number of aliphatic hydroxyl groups is 1. The van der Waals surface area contributed by atoms with Gasteiger partial charge in [-0.2, -0.15) is 0 Å². The van der Waals surface area contributed by atoms with Gasteiger partial charge in [0.2, 0.25) is 0 Å². The number of hydrogen-bond donors (Lipinski definition) is 3. The summed E-state index contributed by atoms with van der Waals surface area (Å²) in [6, 6.07) is 10.5. The van der Waals surface area contributed by atoms with E-state index in [2.05, 4.69) is 0 Å². The number of carbonyl (C=O) groups is 1. The molecule has 4 nitrogen and oxygen atoms in total. The van der Waals surface area contributed by atoms with E-state index in [-0.39, 0.29) is 5.75 Å². The van der Waals surface area contributed by atoms with Crippen molar-refractivity contribution in [3.05, 3.63) is 54.1 Å². The summed E-state index contributed by atoms with van der Waals surface area (Å²) in [5.41, 5.74) is -0.0959. The van der Waals surface area contributed by atoms with Crippen molar-refractivity contribution < 1.29 is 20.1 Å². The maximum Gasteiger partial charge on any atom is 0.327 e. The van der Waals surface area contributed by atoms with Crippen LogP contribution in [0.3, 0.4) is 0 Å². The third-order valence-corrected chi connectivity index (χ3v) is 3.59. The first-order valence-corrected chi connectivity index (χ1v) is 6.64. The predicted octanol–water partition coefficient (Wildman–Crippen LogP) is 3.25. The average Bonchev–Trinajstić information content (AvgIpc) is 2.45. The number of carboxylic acid groups (broad SMARTS) is 1. The zero-order valence-corrected chi connectivity index (χ0v) is 11.9. The molecule has 0 aliphatic rings. The molecule has 2 aromatic carbocycles. The number of hydrogen-bond acceptors (Lipinski definition) is 3. The first-order valence-electron chi connectivity index (χ1n) is 6.64. The molecule has 0 unspecified atom stereocenters. The molecule has 0 heterocycles. The van der Waals surface area contributed by atoms with Crippen molar-refractivity contribution in [1.82, 2.24) is 0 Å². The highest BCUT2D eigenvalue weighted by Gasteiger charge is 2.28. The van der Waals surface area contributed by atoms with E-state index in [1.165, 1.54) is 12.1 Å². The van der Waals surface area contributed by atoms with Crippen LogP contribution in [-0.2, 0) is 4.79 Å². The van der Waals surface area contributed by atoms with E-state index < -0.39 is 17.5 Å². The van der Waals surface area contributed by atoms with Crippen molar-refractivity contribution in [3.63, 3.8) is 0 Å². The molecular weight excluding hydrogens is 268 g/mol. The summed E-state index contributed by atoms with van der Waals surface area (Å²) >= 11 is 0. The van der Waals surface area contributed by atoms with Crippen molar-refractivity contribution in [3.8, 4) is 5.75 Å². The molecule has 2 rings (SSSR count). The van der Waals surface area contributed by atoms with E-state index in [4.69, 9.17) is 5.11 Å². The number of carboxylic acids is 1. The number of phenols is 1. The molecule has 4 heteroatoms. The number of aliphatic hydroxyl groups excluding tert-OH is 1. The van der Waals surface area contributed by atoms with Gasteiger partial charge in [0.05, 0.1) is 6.10 Å². The minimum Gasteiger partial charge on any atom is -0.507 e. The van der Waals surface area contributed by atoms with Gasteiger partial charge in [-0.1, -0.05) is 50.3 Å². The Labute approximate surface area is 123 Å². The van der Waals surface area contributed by atoms with Gasteiger partial charge >= 0.3 is 5.97 Å². The topological polar surface area (TPSA) is 77.8 Å². The summed E-state index contributed by atoms with van der Waals surface area (Å²) < 4.78 is 0. The van der Waals surface area contributed by atoms with Crippen LogP contribution in [0, 0.1) is 5.41 Å². The Bertz CT molecular complexity index is 701. The minimum absolute atomic E-state index is 0.153. The van der Waals surface area contributed by atoms with Crippen molar-refractivity contribution in [2.45, 2.75) is 20.0 Å². The van der Waals surface area contributed by atoms with E-state index in [1.54, 1.807) is 26.0 Å². The van der Waals surface area contributed by atoms with Crippen LogP contribution in [0.1, 0.15) is 25.5 Å². The van der Waals surface area contributed by atoms with Crippen LogP contribution in [0.25, 0.3) is 10.8 Å². The molecule has 0 saturated heterocycles. The molecule has 3 N–H and O–H groups in total. The lowest BCUT2D eigenvalue weighted by Crippen LogP contribution is -2.20. The molecule has 0 spiro atoms. The van der Waals surface area contributed by atoms with E-state index >= 15 is 0 Å². The number of aliphatic carboxylic acids is 1. The van der Waals surface area contributed by atoms with Crippen LogP contribution < -0.4 is 0 Å². The number of fused-ring (bicyclic) bond motifs is 1. The molecule has 0 radical (unpaired) electrons. The van der Waals surface area contributed by atoms with Gasteiger partial charge in [0.25, 0.3) is 0 Å². The minimum atomic E-state index is -1.05. The van der Waals surface area contributed by atoms with Crippen molar-refractivity contribution in [2.75, 3.05) is 0 Å². The maximum atomic E-state index is 10.7. The molecule has 0 bridgehead atoms. The quantitative estimate of drug-likeness (QED) is 0.754. The van der Waals surface area contributed by atoms with Crippen molar-refractivity contribution in [2.24, 2.45) is 5.41 Å². The van der Waals surface area contributed by atoms with Crippen molar-refractivity contribution >= 4 is 16.7 Å². The van der Waals surface area contributed by atoms with Gasteiger partial charge in [0, 0.05) is 16.9 Å². The Kier molecular flexibility index (Phi) is 4.00. The lowest BCUT2D eigenvalue weighted by molar-refractivity contribution is -0.131. The van der Waals surface area contributed by atoms with Crippen LogP contribution in [0.15, 0.2) is 48.6 Å². The molecule has 0 aromatic heterocycles. The predicted molar refractivity (Wildman–Crippen MR) is 81.1 cm³/mol. The normalized spacial score (nSPS) is 13.7. The molecule has 2 aromatic rings. The van der Waals surface area contributed by atoms with Crippen LogP contribution in [0.4, 0.5) is 0 Å². The number of rotatable bonds is 4. The molecule has 0 aliphatic heterocycles. The summed E-state index contributed by atoms with van der Waals surface area (Å²) in [4.78, 5) is 10.7. The number of aromatic hydroxyl groups is 1. The van der Waals surface area contributed by atoms with Gasteiger partial charge in [-0.15, -0.1) is 0 Å². The Morgan fingerprint density at radius 3 is 2.38 bits per heavy atom. The highest BCUT2D eigenvalue weighted by Crippen LogP contribution is 2.39. The average molecular weight is 286 g/mol. The molecule has 0 fully saturated rings. The fraction of sp³-hybridized carbons (Fsp3) is 0.235. The van der Waals surface area contributed by atoms with Crippen molar-refractivity contribution in [1.29, 1.82) is 0 Å². The van der Waals surface area contributed by atoms with Gasteiger partial charge in [-0.25, -0.2) is 4.79 Å². The molecule has 0 saturated carbocycles. The number of phenolic OH excluding ortho intramolecular Hbond substituents is 1. The molecule has 1 atom stereocenters. The van der Waals surface area contributed by atoms with Crippen LogP contribution >= 0.6 is 0 Å². The third kappa shape index (κ3) is 3.06. The number of benzene rings is 2. The zero-order valence-electron chi connectivity index (χ0n) is 11.9. The first-order chi connectivity index (χ1) is 9.83. The van der Waals surface area contributed by atoms with Gasteiger partial charge in [-0.05, 0) is 17.0 Å². The molecular formula is C17H18O4. The van der Waals surface area contributed by atoms with E-state index in [9.17, 15) is 15.0 Å². The largest absolute Gasteiger partial charge is 0.507 e. The van der Waals surface area contributed by atoms with Gasteiger partial charge in [-0.3, -0.25) is 0 Å². The maximum absolute atomic E-state index is 10.7. The van der Waals surface area contributed by atoms with E-state index in [1.807, 2.05) is 18.2 Å². The Morgan fingerprint density at radius 1 is 1.14 bits per heavy atom. The summed E-state index contributed by atoms with van der Waals surface area (Å²) in [5.74, 6) is -0.897. The van der Waals surface area contributed by atoms with Crippen LogP contribution in [0.2, 0.25) is 0 Å². The van der Waals surface area contributed by atoms with Gasteiger partial charge < -0.3 is 15.3 Å². The van der Waals surface area contributed by atoms with E-state index in [0.29, 0.717) is 10.9 Å². The Hall–Kier alpha value is -2.33. The molecule has 21 heavy (non-hydrogen) atoms. The van der Waals surface area contributed by atoms with E-state index in [0.717, 1.165) is 11.5 Å². The standard InChI is InChI=1S/C17H18O4/c1-17(2,10-9-15(19)20)16(21)13-7-8-14(18)12-6-4-3-5-11(12)13/h3-10,16,18,21H,1-2H3,(H,19,20)/b10-9+/t16-/m1/s1. The molecule has 0 aliphatic carbocycles. The second-order valence-corrected chi connectivity index (χ2v) is 5.61. The summed E-state index contributed by atoms with van der Waals surface area (Å²) in [6.07, 6.45) is 1.62. The fourth-order valence-corrected chi connectivity index (χ4v) is 2.32. The second kappa shape index (κ2) is 5.58. The lowest BCUT2D eigenvalue weighted by atomic mass is 9.80. The Morgan fingerprint density at radius 2 is 1.76 bits per heavy atom. The van der Waals surface area contributed by atoms with Crippen LogP contribution in [0.5, 0.6) is 5.75 Å². The lowest BCUT2D eigenvalue weighted by Gasteiger charge is -2.28. The van der Waals surface area contributed by atoms with Gasteiger partial charge in [0.15, 0.2) is 0 Å². The molecule has 110 valence electrons. The first kappa shape index (κ1) is 15.1. The fourth-order valence-electron chi connectivity index (χ4n) is 2.32. The summed E-state index contributed by atoms with van der Waals surface area (Å²) in [5, 5.41) is 30.7. The molecule has 0 amide bonds. The highest BCUT2D eigenvalue weighted by molar-refractivity contribution is 5.91. The van der Waals surface area contributed by atoms with Gasteiger partial charge in [0.1, 0.15) is 5.75 Å². The second-order valence-electron chi connectivity index (χ2n) is 5.61. The smallest absolute Gasteiger partial charge is 0.327 e. The zero-order chi connectivity index (χ0) is 15.6. The summed E-state index contributed by atoms with van der Waals surface area (Å²) in [6.45, 7) is 3.53. The SMILES string of the molecule is CC(C)(/C=C/C(=O)O)[C@H](O)c1ccc(O)c2ccccc12. The monoisotopic (exact) mass is 286 g/mol. The summed E-state index contributed by atoms with van der Waals surface area (Å²) in [7, 11) is 0. The Balaban J connectivity index is 2.51.